The van der Waals surface area contributed by atoms with E-state index in [1.165, 1.54) is 18.2 Å². The molecule has 0 aliphatic heterocycles. The van der Waals surface area contributed by atoms with Gasteiger partial charge in [-0.3, -0.25) is 4.79 Å². The minimum atomic E-state index is -0.367. The van der Waals surface area contributed by atoms with E-state index >= 15 is 0 Å². The van der Waals surface area contributed by atoms with Crippen LogP contribution >= 0.6 is 23.2 Å². The lowest BCUT2D eigenvalue weighted by Crippen LogP contribution is -2.45. The number of amides is 1. The average Bonchev–Trinajstić information content (AvgIpc) is 2.32. The van der Waals surface area contributed by atoms with E-state index in [1.54, 1.807) is 0 Å². The lowest BCUT2D eigenvalue weighted by molar-refractivity contribution is 0.0901. The fourth-order valence-corrected chi connectivity index (χ4v) is 2.19. The third kappa shape index (κ3) is 3.79. The maximum absolute atomic E-state index is 12.1. The lowest BCUT2D eigenvalue weighted by atomic mass is 9.95. The summed E-state index contributed by atoms with van der Waals surface area (Å²) < 4.78 is 0. The molecule has 0 saturated carbocycles. The Morgan fingerprint density at radius 1 is 1.50 bits per heavy atom. The minimum absolute atomic E-state index is 0.0140. The van der Waals surface area contributed by atoms with E-state index < -0.39 is 0 Å². The molecule has 1 rings (SSSR count). The summed E-state index contributed by atoms with van der Waals surface area (Å²) >= 11 is 11.7. The van der Waals surface area contributed by atoms with Crippen LogP contribution in [0.5, 0.6) is 5.75 Å². The first-order chi connectivity index (χ1) is 8.41. The van der Waals surface area contributed by atoms with Crippen molar-refractivity contribution in [3.63, 3.8) is 0 Å². The molecular formula is C13H17Cl2NO2. The van der Waals surface area contributed by atoms with Crippen molar-refractivity contribution >= 4 is 29.1 Å². The molecule has 0 heterocycles. The molecule has 0 aliphatic carbocycles. The summed E-state index contributed by atoms with van der Waals surface area (Å²) in [5.74, 6) is 0.184. The molecule has 5 heteroatoms. The molecule has 0 spiro atoms. The van der Waals surface area contributed by atoms with Crippen LogP contribution in [0.3, 0.4) is 0 Å². The third-order valence-electron chi connectivity index (χ3n) is 3.04. The summed E-state index contributed by atoms with van der Waals surface area (Å²) in [5, 5.41) is 12.6. The molecule has 0 fully saturated rings. The zero-order valence-corrected chi connectivity index (χ0v) is 12.0. The van der Waals surface area contributed by atoms with Crippen LogP contribution in [-0.2, 0) is 0 Å². The zero-order valence-electron chi connectivity index (χ0n) is 10.5. The normalized spacial score (nSPS) is 14.0. The summed E-state index contributed by atoms with van der Waals surface area (Å²) in [7, 11) is 0. The number of benzene rings is 1. The number of halogens is 2. The second kappa shape index (κ2) is 6.30. The van der Waals surface area contributed by atoms with Crippen LogP contribution in [0.1, 0.15) is 37.0 Å². The Hall–Kier alpha value is -0.930. The topological polar surface area (TPSA) is 49.3 Å². The second-order valence-corrected chi connectivity index (χ2v) is 5.26. The van der Waals surface area contributed by atoms with Crippen LogP contribution in [0, 0.1) is 0 Å². The highest BCUT2D eigenvalue weighted by Gasteiger charge is 2.25. The monoisotopic (exact) mass is 289 g/mol. The van der Waals surface area contributed by atoms with Crippen LogP contribution in [0.25, 0.3) is 0 Å². The number of phenols is 1. The molecule has 0 aliphatic rings. The smallest absolute Gasteiger partial charge is 0.253 e. The van der Waals surface area contributed by atoms with Crippen molar-refractivity contribution in [2.75, 3.05) is 5.88 Å². The average molecular weight is 290 g/mol. The lowest BCUT2D eigenvalue weighted by Gasteiger charge is -2.29. The highest BCUT2D eigenvalue weighted by atomic mass is 35.5. The number of carbonyl (C=O) groups is 1. The molecule has 0 radical (unpaired) electrons. The molecule has 100 valence electrons. The Morgan fingerprint density at radius 3 is 2.72 bits per heavy atom. The van der Waals surface area contributed by atoms with E-state index in [-0.39, 0.29) is 22.8 Å². The van der Waals surface area contributed by atoms with Crippen LogP contribution < -0.4 is 5.32 Å². The largest absolute Gasteiger partial charge is 0.508 e. The van der Waals surface area contributed by atoms with E-state index in [0.717, 1.165) is 6.42 Å². The Kier molecular flexibility index (Phi) is 5.29. The van der Waals surface area contributed by atoms with Gasteiger partial charge in [0.1, 0.15) is 5.75 Å². The standard InChI is InChI=1S/C13H17Cl2NO2/c1-3-13(2,6-7-14)16-12(18)10-8-9(17)4-5-11(10)15/h4-5,8,17H,3,6-7H2,1-2H3,(H,16,18). The van der Waals surface area contributed by atoms with E-state index in [1.807, 2.05) is 13.8 Å². The number of alkyl halides is 1. The molecule has 18 heavy (non-hydrogen) atoms. The van der Waals surface area contributed by atoms with Crippen molar-refractivity contribution in [3.05, 3.63) is 28.8 Å². The van der Waals surface area contributed by atoms with Gasteiger partial charge in [0.2, 0.25) is 0 Å². The number of rotatable bonds is 5. The van der Waals surface area contributed by atoms with Crippen molar-refractivity contribution in [1.29, 1.82) is 0 Å². The van der Waals surface area contributed by atoms with Crippen molar-refractivity contribution in [2.45, 2.75) is 32.2 Å². The minimum Gasteiger partial charge on any atom is -0.508 e. The summed E-state index contributed by atoms with van der Waals surface area (Å²) in [6.45, 7) is 3.92. The Morgan fingerprint density at radius 2 is 2.17 bits per heavy atom. The van der Waals surface area contributed by atoms with Gasteiger partial charge in [0, 0.05) is 11.4 Å². The Balaban J connectivity index is 2.90. The van der Waals surface area contributed by atoms with Crippen LogP contribution in [0.2, 0.25) is 5.02 Å². The maximum Gasteiger partial charge on any atom is 0.253 e. The highest BCUT2D eigenvalue weighted by Crippen LogP contribution is 2.23. The van der Waals surface area contributed by atoms with Gasteiger partial charge < -0.3 is 10.4 Å². The summed E-state index contributed by atoms with van der Waals surface area (Å²) in [4.78, 5) is 12.1. The molecule has 1 unspecified atom stereocenters. The van der Waals surface area contributed by atoms with E-state index in [2.05, 4.69) is 5.32 Å². The number of carbonyl (C=O) groups excluding carboxylic acids is 1. The van der Waals surface area contributed by atoms with Gasteiger partial charge in [0.25, 0.3) is 5.91 Å². The number of hydrogen-bond donors (Lipinski definition) is 2. The van der Waals surface area contributed by atoms with Gasteiger partial charge in [0.15, 0.2) is 0 Å². The quantitative estimate of drug-likeness (QED) is 0.814. The molecule has 1 aromatic carbocycles. The first-order valence-corrected chi connectivity index (χ1v) is 6.70. The number of nitrogens with one attached hydrogen (secondary N) is 1. The van der Waals surface area contributed by atoms with Gasteiger partial charge in [-0.15, -0.1) is 11.6 Å². The summed E-state index contributed by atoms with van der Waals surface area (Å²) in [6.07, 6.45) is 1.44. The van der Waals surface area contributed by atoms with Crippen LogP contribution in [-0.4, -0.2) is 22.4 Å². The van der Waals surface area contributed by atoms with Crippen molar-refractivity contribution in [3.8, 4) is 5.75 Å². The molecule has 0 saturated heterocycles. The SMILES string of the molecule is CCC(C)(CCCl)NC(=O)c1cc(O)ccc1Cl. The third-order valence-corrected chi connectivity index (χ3v) is 3.56. The van der Waals surface area contributed by atoms with Crippen molar-refractivity contribution in [2.24, 2.45) is 0 Å². The Labute approximate surface area is 117 Å². The van der Waals surface area contributed by atoms with E-state index in [4.69, 9.17) is 23.2 Å². The highest BCUT2D eigenvalue weighted by molar-refractivity contribution is 6.33. The molecule has 0 aromatic heterocycles. The van der Waals surface area contributed by atoms with E-state index in [9.17, 15) is 9.90 Å². The molecule has 1 amide bonds. The van der Waals surface area contributed by atoms with Gasteiger partial charge in [-0.1, -0.05) is 18.5 Å². The van der Waals surface area contributed by atoms with Crippen LogP contribution in [0.15, 0.2) is 18.2 Å². The van der Waals surface area contributed by atoms with Crippen molar-refractivity contribution in [1.82, 2.24) is 5.32 Å². The second-order valence-electron chi connectivity index (χ2n) is 4.47. The number of phenolic OH excluding ortho intramolecular Hbond substituents is 1. The molecular weight excluding hydrogens is 273 g/mol. The predicted octanol–water partition coefficient (Wildman–Crippen LogP) is 3.57. The molecule has 2 N–H and O–H groups in total. The van der Waals surface area contributed by atoms with E-state index in [0.29, 0.717) is 17.3 Å². The first-order valence-electron chi connectivity index (χ1n) is 5.79. The van der Waals surface area contributed by atoms with Gasteiger partial charge in [-0.25, -0.2) is 0 Å². The summed E-state index contributed by atoms with van der Waals surface area (Å²) in [5.41, 5.74) is -0.0981. The van der Waals surface area contributed by atoms with Crippen LogP contribution in [0.4, 0.5) is 0 Å². The first kappa shape index (κ1) is 15.1. The predicted molar refractivity (Wildman–Crippen MR) is 74.6 cm³/mol. The molecule has 0 bridgehead atoms. The van der Waals surface area contributed by atoms with Gasteiger partial charge >= 0.3 is 0 Å². The van der Waals surface area contributed by atoms with Crippen molar-refractivity contribution < 1.29 is 9.90 Å². The number of aromatic hydroxyl groups is 1. The zero-order chi connectivity index (χ0) is 13.8. The van der Waals surface area contributed by atoms with Gasteiger partial charge in [0.05, 0.1) is 10.6 Å². The fraction of sp³-hybridized carbons (Fsp3) is 0.462. The maximum atomic E-state index is 12.1. The summed E-state index contributed by atoms with van der Waals surface area (Å²) in [6, 6.07) is 4.29. The fourth-order valence-electron chi connectivity index (χ4n) is 1.56. The Bertz CT molecular complexity index is 437. The van der Waals surface area contributed by atoms with Gasteiger partial charge in [-0.05, 0) is 38.0 Å². The van der Waals surface area contributed by atoms with Gasteiger partial charge in [-0.2, -0.15) is 0 Å². The molecule has 1 aromatic rings. The molecule has 1 atom stereocenters. The molecule has 3 nitrogen and oxygen atoms in total. The number of hydrogen-bond acceptors (Lipinski definition) is 2.